The molecule has 1 heterocycles. The van der Waals surface area contributed by atoms with Gasteiger partial charge in [-0.3, -0.25) is 14.6 Å². The van der Waals surface area contributed by atoms with Crippen LogP contribution in [0.4, 0.5) is 9.59 Å². The molecule has 12 heteroatoms. The highest BCUT2D eigenvalue weighted by molar-refractivity contribution is 5.84. The van der Waals surface area contributed by atoms with Crippen molar-refractivity contribution in [2.75, 3.05) is 7.11 Å². The summed E-state index contributed by atoms with van der Waals surface area (Å²) in [5.74, 6) is -1.59. The van der Waals surface area contributed by atoms with Gasteiger partial charge in [0, 0.05) is 17.8 Å². The van der Waals surface area contributed by atoms with Gasteiger partial charge in [0.25, 0.3) is 0 Å². The summed E-state index contributed by atoms with van der Waals surface area (Å²) in [5, 5.41) is 28.1. The van der Waals surface area contributed by atoms with Crippen LogP contribution in [-0.2, 0) is 27.2 Å². The number of hydrazine groups is 1. The first-order valence-electron chi connectivity index (χ1n) is 16.7. The standard InChI is InChI=1S/C38H51N5O7/c1-37(2,3)29(24-33(45)50-7)34(46)40-28(21-26-16-18-27(19-17-26)30-15-11-12-20-39-30)23-32(44)31(22-25-13-9-8-10-14-25)41-35(47)43(38(4,5)6)42-36(48)49/h8-20,28-29,31-32,42,44H,21-24H2,1-7H3,(H,40,46)(H,41,47)(H,48,49). The second-order valence-corrected chi connectivity index (χ2v) is 14.5. The van der Waals surface area contributed by atoms with Crippen LogP contribution >= 0.6 is 0 Å². The summed E-state index contributed by atoms with van der Waals surface area (Å²) in [6, 6.07) is 20.5. The Balaban J connectivity index is 1.95. The minimum absolute atomic E-state index is 0.0302. The number of ether oxygens (including phenoxy) is 1. The molecule has 0 aliphatic rings. The molecule has 0 fully saturated rings. The number of urea groups is 1. The van der Waals surface area contributed by atoms with Crippen molar-refractivity contribution in [3.05, 3.63) is 90.1 Å². The maximum atomic E-state index is 13.9. The molecule has 0 radical (unpaired) electrons. The van der Waals surface area contributed by atoms with Gasteiger partial charge >= 0.3 is 18.1 Å². The molecule has 3 rings (SSSR count). The van der Waals surface area contributed by atoms with E-state index < -0.39 is 53.2 Å². The third kappa shape index (κ3) is 12.2. The Labute approximate surface area is 294 Å². The number of hydrogen-bond acceptors (Lipinski definition) is 7. The number of carbonyl (C=O) groups is 4. The van der Waals surface area contributed by atoms with Crippen LogP contribution in [0.5, 0.6) is 0 Å². The van der Waals surface area contributed by atoms with Crippen molar-refractivity contribution in [3.8, 4) is 11.3 Å². The van der Waals surface area contributed by atoms with Crippen molar-refractivity contribution in [2.24, 2.45) is 11.3 Å². The summed E-state index contributed by atoms with van der Waals surface area (Å²) in [6.07, 6.45) is -0.398. The van der Waals surface area contributed by atoms with E-state index in [1.807, 2.05) is 93.6 Å². The zero-order chi connectivity index (χ0) is 37.1. The fraction of sp³-hybridized carbons (Fsp3) is 0.447. The molecule has 1 aromatic heterocycles. The van der Waals surface area contributed by atoms with E-state index in [4.69, 9.17) is 4.74 Å². The van der Waals surface area contributed by atoms with E-state index in [-0.39, 0.29) is 25.2 Å². The van der Waals surface area contributed by atoms with Gasteiger partial charge in [-0.2, -0.15) is 0 Å². The number of amides is 4. The number of aromatic nitrogens is 1. The third-order valence-corrected chi connectivity index (χ3v) is 8.38. The molecule has 0 saturated carbocycles. The highest BCUT2D eigenvalue weighted by Crippen LogP contribution is 2.30. The van der Waals surface area contributed by atoms with E-state index in [1.54, 1.807) is 27.0 Å². The number of benzene rings is 2. The van der Waals surface area contributed by atoms with E-state index >= 15 is 0 Å². The summed E-state index contributed by atoms with van der Waals surface area (Å²) in [5.41, 5.74) is 4.10. The Hall–Kier alpha value is -4.97. The van der Waals surface area contributed by atoms with Crippen LogP contribution < -0.4 is 16.1 Å². The number of hydrogen-bond donors (Lipinski definition) is 5. The number of nitrogens with one attached hydrogen (secondary N) is 3. The molecular weight excluding hydrogens is 638 g/mol. The Morgan fingerprint density at radius 3 is 2.00 bits per heavy atom. The monoisotopic (exact) mass is 689 g/mol. The lowest BCUT2D eigenvalue weighted by molar-refractivity contribution is -0.146. The fourth-order valence-corrected chi connectivity index (χ4v) is 5.62. The average molecular weight is 690 g/mol. The predicted molar refractivity (Wildman–Crippen MR) is 191 cm³/mol. The zero-order valence-electron chi connectivity index (χ0n) is 30.0. The summed E-state index contributed by atoms with van der Waals surface area (Å²) < 4.78 is 4.88. The van der Waals surface area contributed by atoms with Gasteiger partial charge in [-0.25, -0.2) is 20.0 Å². The number of carboxylic acid groups (broad SMARTS) is 1. The van der Waals surface area contributed by atoms with E-state index in [2.05, 4.69) is 21.0 Å². The Morgan fingerprint density at radius 1 is 0.840 bits per heavy atom. The molecule has 0 aliphatic carbocycles. The van der Waals surface area contributed by atoms with Crippen molar-refractivity contribution in [2.45, 2.75) is 91.0 Å². The summed E-state index contributed by atoms with van der Waals surface area (Å²) in [7, 11) is 1.28. The third-order valence-electron chi connectivity index (χ3n) is 8.38. The molecule has 0 bridgehead atoms. The summed E-state index contributed by atoms with van der Waals surface area (Å²) in [4.78, 5) is 55.6. The average Bonchev–Trinajstić information content (AvgIpc) is 3.05. The molecule has 50 heavy (non-hydrogen) atoms. The summed E-state index contributed by atoms with van der Waals surface area (Å²) >= 11 is 0. The van der Waals surface area contributed by atoms with E-state index in [0.29, 0.717) is 6.42 Å². The van der Waals surface area contributed by atoms with Crippen LogP contribution in [-0.4, -0.2) is 75.0 Å². The van der Waals surface area contributed by atoms with Crippen LogP contribution in [0.2, 0.25) is 0 Å². The van der Waals surface area contributed by atoms with Gasteiger partial charge in [-0.15, -0.1) is 0 Å². The van der Waals surface area contributed by atoms with Gasteiger partial charge in [0.2, 0.25) is 5.91 Å². The number of esters is 1. The van der Waals surface area contributed by atoms with E-state index in [9.17, 15) is 29.4 Å². The van der Waals surface area contributed by atoms with Crippen molar-refractivity contribution in [1.82, 2.24) is 26.1 Å². The van der Waals surface area contributed by atoms with Crippen LogP contribution in [0.15, 0.2) is 79.0 Å². The molecular formula is C38H51N5O7. The smallest absolute Gasteiger partial charge is 0.423 e. The first kappa shape index (κ1) is 39.5. The number of nitrogens with zero attached hydrogens (tertiary/aromatic N) is 2. The minimum Gasteiger partial charge on any atom is -0.469 e. The van der Waals surface area contributed by atoms with Crippen molar-refractivity contribution >= 4 is 24.0 Å². The van der Waals surface area contributed by atoms with Crippen LogP contribution in [0.1, 0.15) is 65.5 Å². The molecule has 4 atom stereocenters. The first-order chi connectivity index (χ1) is 23.5. The number of carbonyl (C=O) groups excluding carboxylic acids is 3. The maximum Gasteiger partial charge on any atom is 0.423 e. The maximum absolute atomic E-state index is 13.9. The lowest BCUT2D eigenvalue weighted by Gasteiger charge is -2.37. The van der Waals surface area contributed by atoms with Crippen LogP contribution in [0.3, 0.4) is 0 Å². The molecule has 4 unspecified atom stereocenters. The lowest BCUT2D eigenvalue weighted by atomic mass is 9.78. The SMILES string of the molecule is COC(=O)CC(C(=O)NC(Cc1ccc(-c2ccccn2)cc1)CC(O)C(Cc1ccccc1)NC(=O)N(NC(=O)O)C(C)(C)C)C(C)(C)C. The van der Waals surface area contributed by atoms with Crippen molar-refractivity contribution < 1.29 is 34.1 Å². The number of aliphatic hydroxyl groups excluding tert-OH is 1. The van der Waals surface area contributed by atoms with Crippen LogP contribution in [0, 0.1) is 11.3 Å². The molecule has 0 saturated heterocycles. The fourth-order valence-electron chi connectivity index (χ4n) is 5.62. The topological polar surface area (TPSA) is 170 Å². The highest BCUT2D eigenvalue weighted by Gasteiger charge is 2.36. The van der Waals surface area contributed by atoms with Gasteiger partial charge in [0.1, 0.15) is 0 Å². The second kappa shape index (κ2) is 17.6. The molecule has 0 spiro atoms. The van der Waals surface area contributed by atoms with Gasteiger partial charge in [-0.1, -0.05) is 81.4 Å². The van der Waals surface area contributed by atoms with Gasteiger partial charge in [0.05, 0.1) is 42.8 Å². The largest absolute Gasteiger partial charge is 0.469 e. The van der Waals surface area contributed by atoms with Crippen molar-refractivity contribution in [1.29, 1.82) is 0 Å². The first-order valence-corrected chi connectivity index (χ1v) is 16.7. The predicted octanol–water partition coefficient (Wildman–Crippen LogP) is 5.36. The van der Waals surface area contributed by atoms with E-state index in [0.717, 1.165) is 27.4 Å². The lowest BCUT2D eigenvalue weighted by Crippen LogP contribution is -2.61. The Bertz CT molecular complexity index is 1550. The normalized spacial score (nSPS) is 14.0. The van der Waals surface area contributed by atoms with Gasteiger partial charge < -0.3 is 25.6 Å². The number of pyridine rings is 1. The van der Waals surface area contributed by atoms with Gasteiger partial charge in [-0.05, 0) is 68.7 Å². The Morgan fingerprint density at radius 2 is 1.46 bits per heavy atom. The molecule has 12 nitrogen and oxygen atoms in total. The zero-order valence-corrected chi connectivity index (χ0v) is 30.0. The summed E-state index contributed by atoms with van der Waals surface area (Å²) in [6.45, 7) is 10.6. The minimum atomic E-state index is -1.41. The molecule has 2 aromatic carbocycles. The van der Waals surface area contributed by atoms with Crippen LogP contribution in [0.25, 0.3) is 11.3 Å². The molecule has 4 amide bonds. The number of aliphatic hydroxyl groups is 1. The molecule has 0 aliphatic heterocycles. The van der Waals surface area contributed by atoms with E-state index in [1.165, 1.54) is 7.11 Å². The molecule has 270 valence electrons. The molecule has 5 N–H and O–H groups in total. The molecule has 3 aromatic rings. The Kier molecular flexibility index (Phi) is 13.9. The quantitative estimate of drug-likeness (QED) is 0.118. The second-order valence-electron chi connectivity index (χ2n) is 14.5. The number of methoxy groups -OCH3 is 1. The number of rotatable bonds is 13. The van der Waals surface area contributed by atoms with Crippen molar-refractivity contribution in [3.63, 3.8) is 0 Å². The highest BCUT2D eigenvalue weighted by atomic mass is 16.5. The van der Waals surface area contributed by atoms with Gasteiger partial charge in [0.15, 0.2) is 0 Å².